The van der Waals surface area contributed by atoms with Crippen LogP contribution in [-0.2, 0) is 0 Å². The lowest BCUT2D eigenvalue weighted by atomic mass is 10.1. The molecule has 0 unspecified atom stereocenters. The average Bonchev–Trinajstić information content (AvgIpc) is 2.72. The van der Waals surface area contributed by atoms with Crippen molar-refractivity contribution >= 4 is 29.2 Å². The van der Waals surface area contributed by atoms with Gasteiger partial charge in [0.25, 0.3) is 0 Å². The highest BCUT2D eigenvalue weighted by Gasteiger charge is 2.13. The van der Waals surface area contributed by atoms with Crippen molar-refractivity contribution in [3.63, 3.8) is 0 Å². The van der Waals surface area contributed by atoms with Crippen LogP contribution in [0.1, 0.15) is 25.0 Å². The van der Waals surface area contributed by atoms with Crippen molar-refractivity contribution in [1.29, 1.82) is 0 Å². The number of aryl methyl sites for hydroxylation is 2. The first kappa shape index (κ1) is 20.4. The minimum absolute atomic E-state index is 0.458. The number of methoxy groups -OCH3 is 1. The van der Waals surface area contributed by atoms with Crippen molar-refractivity contribution in [2.45, 2.75) is 27.7 Å². The van der Waals surface area contributed by atoms with Crippen molar-refractivity contribution in [3.8, 4) is 5.75 Å². The molecule has 3 aromatic rings. The normalized spacial score (nSPS) is 10.5. The number of ether oxygens (including phenoxy) is 1. The van der Waals surface area contributed by atoms with E-state index in [4.69, 9.17) is 4.74 Å². The number of nitrogens with one attached hydrogen (secondary N) is 2. The fourth-order valence-electron chi connectivity index (χ4n) is 2.98. The Balaban J connectivity index is 2.00. The molecule has 0 aliphatic heterocycles. The number of aromatic nitrogens is 3. The van der Waals surface area contributed by atoms with E-state index in [1.165, 1.54) is 5.56 Å². The van der Waals surface area contributed by atoms with E-state index in [9.17, 15) is 0 Å². The first-order chi connectivity index (χ1) is 14.0. The van der Waals surface area contributed by atoms with Gasteiger partial charge in [0.05, 0.1) is 12.8 Å². The summed E-state index contributed by atoms with van der Waals surface area (Å²) < 4.78 is 5.43. The summed E-state index contributed by atoms with van der Waals surface area (Å²) in [4.78, 5) is 16.0. The molecule has 7 nitrogen and oxygen atoms in total. The number of nitrogens with zero attached hydrogens (tertiary/aromatic N) is 4. The fraction of sp³-hybridized carbons (Fsp3) is 0.318. The number of rotatable bonds is 8. The maximum Gasteiger partial charge on any atom is 0.233 e. The van der Waals surface area contributed by atoms with Crippen LogP contribution >= 0.6 is 0 Å². The zero-order chi connectivity index (χ0) is 20.8. The first-order valence-corrected chi connectivity index (χ1v) is 9.79. The highest BCUT2D eigenvalue weighted by Crippen LogP contribution is 2.27. The van der Waals surface area contributed by atoms with Crippen LogP contribution in [0.25, 0.3) is 0 Å². The Labute approximate surface area is 172 Å². The van der Waals surface area contributed by atoms with Crippen molar-refractivity contribution in [2.75, 3.05) is 35.7 Å². The van der Waals surface area contributed by atoms with Gasteiger partial charge in [0, 0.05) is 18.8 Å². The lowest BCUT2D eigenvalue weighted by Gasteiger charge is -2.20. The van der Waals surface area contributed by atoms with Crippen molar-refractivity contribution in [3.05, 3.63) is 53.6 Å². The van der Waals surface area contributed by atoms with E-state index < -0.39 is 0 Å². The van der Waals surface area contributed by atoms with Gasteiger partial charge in [-0.05, 0) is 57.0 Å². The molecular weight excluding hydrogens is 364 g/mol. The van der Waals surface area contributed by atoms with E-state index >= 15 is 0 Å². The molecule has 2 aromatic carbocycles. The van der Waals surface area contributed by atoms with Crippen LogP contribution in [0, 0.1) is 13.8 Å². The van der Waals surface area contributed by atoms with Gasteiger partial charge >= 0.3 is 0 Å². The molecule has 1 heterocycles. The van der Waals surface area contributed by atoms with Crippen LogP contribution in [0.3, 0.4) is 0 Å². The second-order valence-electron chi connectivity index (χ2n) is 6.72. The molecule has 0 aliphatic carbocycles. The number of para-hydroxylation sites is 2. The molecule has 0 saturated heterocycles. The molecule has 1 aromatic heterocycles. The van der Waals surface area contributed by atoms with Crippen LogP contribution in [-0.4, -0.2) is 35.2 Å². The minimum Gasteiger partial charge on any atom is -0.495 e. The smallest absolute Gasteiger partial charge is 0.233 e. The van der Waals surface area contributed by atoms with Gasteiger partial charge in [0.1, 0.15) is 5.75 Å². The third kappa shape index (κ3) is 4.93. The van der Waals surface area contributed by atoms with Crippen LogP contribution in [0.4, 0.5) is 29.2 Å². The van der Waals surface area contributed by atoms with E-state index in [1.54, 1.807) is 7.11 Å². The number of hydrogen-bond donors (Lipinski definition) is 2. The van der Waals surface area contributed by atoms with Gasteiger partial charge in [-0.3, -0.25) is 0 Å². The quantitative estimate of drug-likeness (QED) is 0.568. The Hall–Kier alpha value is -3.35. The Morgan fingerprint density at radius 2 is 1.52 bits per heavy atom. The summed E-state index contributed by atoms with van der Waals surface area (Å²) in [6.07, 6.45) is 0. The molecule has 7 heteroatoms. The molecular formula is C22H28N6O. The van der Waals surface area contributed by atoms with Crippen LogP contribution < -0.4 is 20.3 Å². The molecule has 0 amide bonds. The van der Waals surface area contributed by atoms with Gasteiger partial charge in [-0.1, -0.05) is 24.3 Å². The van der Waals surface area contributed by atoms with Crippen molar-refractivity contribution in [1.82, 2.24) is 15.0 Å². The minimum atomic E-state index is 0.458. The van der Waals surface area contributed by atoms with Gasteiger partial charge in [0.15, 0.2) is 0 Å². The second-order valence-corrected chi connectivity index (χ2v) is 6.72. The van der Waals surface area contributed by atoms with Crippen LogP contribution in [0.15, 0.2) is 42.5 Å². The number of hydrogen-bond acceptors (Lipinski definition) is 7. The Morgan fingerprint density at radius 1 is 0.862 bits per heavy atom. The summed E-state index contributed by atoms with van der Waals surface area (Å²) in [5.41, 5.74) is 4.07. The maximum atomic E-state index is 5.43. The number of benzene rings is 2. The Morgan fingerprint density at radius 3 is 2.17 bits per heavy atom. The summed E-state index contributed by atoms with van der Waals surface area (Å²) in [6, 6.07) is 13.9. The van der Waals surface area contributed by atoms with Crippen LogP contribution in [0.5, 0.6) is 5.75 Å². The van der Waals surface area contributed by atoms with Crippen LogP contribution in [0.2, 0.25) is 0 Å². The molecule has 0 spiro atoms. The lowest BCUT2D eigenvalue weighted by molar-refractivity contribution is 0.417. The van der Waals surface area contributed by atoms with E-state index in [0.717, 1.165) is 35.8 Å². The largest absolute Gasteiger partial charge is 0.495 e. The van der Waals surface area contributed by atoms with Gasteiger partial charge in [-0.15, -0.1) is 0 Å². The number of anilines is 5. The summed E-state index contributed by atoms with van der Waals surface area (Å²) in [5, 5.41) is 6.62. The third-order valence-corrected chi connectivity index (χ3v) is 4.66. The van der Waals surface area contributed by atoms with Crippen molar-refractivity contribution < 1.29 is 4.74 Å². The summed E-state index contributed by atoms with van der Waals surface area (Å²) in [5.74, 6) is 2.30. The predicted octanol–water partition coefficient (Wildman–Crippen LogP) is 4.83. The third-order valence-electron chi connectivity index (χ3n) is 4.66. The fourth-order valence-corrected chi connectivity index (χ4v) is 2.98. The van der Waals surface area contributed by atoms with E-state index in [2.05, 4.69) is 76.4 Å². The molecule has 0 saturated carbocycles. The molecule has 0 aliphatic rings. The van der Waals surface area contributed by atoms with E-state index in [-0.39, 0.29) is 0 Å². The molecule has 29 heavy (non-hydrogen) atoms. The Kier molecular flexibility index (Phi) is 6.49. The standard InChI is InChI=1S/C22H28N6O/c1-6-28(7-2)22-26-20(23-17-10-8-9-11-19(17)29-5)25-21(27-22)24-18-14-15(3)12-13-16(18)4/h8-14H,6-7H2,1-5H3,(H2,23,24,25,26,27). The Bertz CT molecular complexity index is 971. The topological polar surface area (TPSA) is 75.2 Å². The molecule has 152 valence electrons. The monoisotopic (exact) mass is 392 g/mol. The van der Waals surface area contributed by atoms with E-state index in [0.29, 0.717) is 17.8 Å². The zero-order valence-corrected chi connectivity index (χ0v) is 17.7. The van der Waals surface area contributed by atoms with Gasteiger partial charge in [-0.25, -0.2) is 0 Å². The molecule has 0 bridgehead atoms. The van der Waals surface area contributed by atoms with Gasteiger partial charge in [0.2, 0.25) is 17.8 Å². The summed E-state index contributed by atoms with van der Waals surface area (Å²) in [7, 11) is 1.64. The summed E-state index contributed by atoms with van der Waals surface area (Å²) in [6.45, 7) is 9.89. The maximum absolute atomic E-state index is 5.43. The highest BCUT2D eigenvalue weighted by molar-refractivity contribution is 5.65. The van der Waals surface area contributed by atoms with Crippen molar-refractivity contribution in [2.24, 2.45) is 0 Å². The lowest BCUT2D eigenvalue weighted by Crippen LogP contribution is -2.25. The van der Waals surface area contributed by atoms with Gasteiger partial charge in [-0.2, -0.15) is 15.0 Å². The average molecular weight is 393 g/mol. The summed E-state index contributed by atoms with van der Waals surface area (Å²) >= 11 is 0. The predicted molar refractivity (Wildman–Crippen MR) is 119 cm³/mol. The molecule has 0 radical (unpaired) electrons. The second kappa shape index (κ2) is 9.23. The molecule has 0 fully saturated rings. The molecule has 3 rings (SSSR count). The molecule has 0 atom stereocenters. The molecule has 2 N–H and O–H groups in total. The zero-order valence-electron chi connectivity index (χ0n) is 17.7. The highest BCUT2D eigenvalue weighted by atomic mass is 16.5. The van der Waals surface area contributed by atoms with E-state index in [1.807, 2.05) is 24.3 Å². The first-order valence-electron chi connectivity index (χ1n) is 9.79. The SMILES string of the molecule is CCN(CC)c1nc(Nc2cc(C)ccc2C)nc(Nc2ccccc2OC)n1. The van der Waals surface area contributed by atoms with Gasteiger partial charge < -0.3 is 20.3 Å².